The molecule has 2 heterocycles. The van der Waals surface area contributed by atoms with Crippen LogP contribution in [0.5, 0.6) is 5.75 Å². The van der Waals surface area contributed by atoms with Crippen molar-refractivity contribution >= 4 is 34.0 Å². The molecule has 1 amide bonds. The van der Waals surface area contributed by atoms with E-state index >= 15 is 0 Å². The summed E-state index contributed by atoms with van der Waals surface area (Å²) in [5, 5.41) is 8.29. The molecule has 0 saturated heterocycles. The molecule has 0 bridgehead atoms. The summed E-state index contributed by atoms with van der Waals surface area (Å²) < 4.78 is 5.21. The molecule has 8 heteroatoms. The van der Waals surface area contributed by atoms with Gasteiger partial charge in [-0.05, 0) is 18.2 Å². The number of thiazole rings is 1. The molecule has 0 aliphatic carbocycles. The third-order valence-electron chi connectivity index (χ3n) is 3.06. The first-order chi connectivity index (χ1) is 11.7. The maximum atomic E-state index is 12.2. The van der Waals surface area contributed by atoms with E-state index in [1.165, 1.54) is 11.3 Å². The highest BCUT2D eigenvalue weighted by molar-refractivity contribution is 7.13. The van der Waals surface area contributed by atoms with E-state index in [1.54, 1.807) is 37.7 Å². The molecule has 0 radical (unpaired) electrons. The largest absolute Gasteiger partial charge is 0.495 e. The second kappa shape index (κ2) is 7.51. The van der Waals surface area contributed by atoms with Crippen LogP contribution < -0.4 is 15.4 Å². The van der Waals surface area contributed by atoms with Gasteiger partial charge in [0.15, 0.2) is 5.13 Å². The van der Waals surface area contributed by atoms with Crippen LogP contribution in [-0.4, -0.2) is 28.0 Å². The number of carbonyl (C=O) groups excluding carboxylic acids is 1. The van der Waals surface area contributed by atoms with Gasteiger partial charge in [0.25, 0.3) is 0 Å². The van der Waals surface area contributed by atoms with Crippen LogP contribution in [0.1, 0.15) is 5.69 Å². The number of hydrogen-bond donors (Lipinski definition) is 2. The number of aromatic nitrogens is 3. The molecular weight excluding hydrogens is 326 g/mol. The number of hydrogen-bond acceptors (Lipinski definition) is 7. The Hall–Kier alpha value is -3.00. The van der Waals surface area contributed by atoms with Gasteiger partial charge in [0.2, 0.25) is 11.9 Å². The molecule has 0 spiro atoms. The van der Waals surface area contributed by atoms with Crippen LogP contribution in [0, 0.1) is 0 Å². The zero-order valence-corrected chi connectivity index (χ0v) is 13.7. The lowest BCUT2D eigenvalue weighted by Crippen LogP contribution is -2.15. The van der Waals surface area contributed by atoms with Crippen LogP contribution in [0.3, 0.4) is 0 Å². The highest BCUT2D eigenvalue weighted by Crippen LogP contribution is 2.24. The van der Waals surface area contributed by atoms with Gasteiger partial charge in [0, 0.05) is 17.8 Å². The van der Waals surface area contributed by atoms with Crippen LogP contribution in [-0.2, 0) is 11.2 Å². The smallest absolute Gasteiger partial charge is 0.230 e. The monoisotopic (exact) mass is 341 g/mol. The molecule has 24 heavy (non-hydrogen) atoms. The Morgan fingerprint density at radius 2 is 2.00 bits per heavy atom. The maximum Gasteiger partial charge on any atom is 0.230 e. The second-order valence-electron chi connectivity index (χ2n) is 4.77. The number of methoxy groups -OCH3 is 1. The first kappa shape index (κ1) is 15.9. The number of amides is 1. The molecule has 7 nitrogen and oxygen atoms in total. The van der Waals surface area contributed by atoms with Gasteiger partial charge in [-0.3, -0.25) is 4.79 Å². The van der Waals surface area contributed by atoms with Crippen molar-refractivity contribution in [1.82, 2.24) is 15.0 Å². The molecule has 0 saturated carbocycles. The van der Waals surface area contributed by atoms with Gasteiger partial charge in [0.1, 0.15) is 5.75 Å². The number of carbonyl (C=O) groups is 1. The van der Waals surface area contributed by atoms with Gasteiger partial charge in [-0.25, -0.2) is 15.0 Å². The Kier molecular flexibility index (Phi) is 4.97. The lowest BCUT2D eigenvalue weighted by Gasteiger charge is -2.08. The van der Waals surface area contributed by atoms with Crippen molar-refractivity contribution in [1.29, 1.82) is 0 Å². The normalized spacial score (nSPS) is 10.2. The SMILES string of the molecule is COc1ccccc1NC(=O)Cc1csc(Nc2ncccn2)n1. The van der Waals surface area contributed by atoms with Crippen LogP contribution in [0.25, 0.3) is 0 Å². The topological polar surface area (TPSA) is 89.0 Å². The molecule has 122 valence electrons. The summed E-state index contributed by atoms with van der Waals surface area (Å²) in [7, 11) is 1.56. The van der Waals surface area contributed by atoms with Crippen LogP contribution in [0.2, 0.25) is 0 Å². The summed E-state index contributed by atoms with van der Waals surface area (Å²) >= 11 is 1.39. The molecule has 0 atom stereocenters. The molecule has 2 aromatic heterocycles. The third-order valence-corrected chi connectivity index (χ3v) is 3.87. The van der Waals surface area contributed by atoms with Gasteiger partial charge in [-0.1, -0.05) is 12.1 Å². The van der Waals surface area contributed by atoms with Crippen LogP contribution in [0.15, 0.2) is 48.1 Å². The summed E-state index contributed by atoms with van der Waals surface area (Å²) in [5.74, 6) is 0.928. The Labute approximate surface area is 142 Å². The van der Waals surface area contributed by atoms with E-state index in [-0.39, 0.29) is 12.3 Å². The van der Waals surface area contributed by atoms with Crippen molar-refractivity contribution in [3.63, 3.8) is 0 Å². The average molecular weight is 341 g/mol. The van der Waals surface area contributed by atoms with E-state index in [2.05, 4.69) is 25.6 Å². The van der Waals surface area contributed by atoms with Gasteiger partial charge in [-0.2, -0.15) is 0 Å². The molecule has 0 unspecified atom stereocenters. The fourth-order valence-electron chi connectivity index (χ4n) is 2.01. The molecular formula is C16H15N5O2S. The second-order valence-corrected chi connectivity index (χ2v) is 5.62. The predicted octanol–water partition coefficient (Wildman–Crippen LogP) is 2.87. The van der Waals surface area contributed by atoms with E-state index in [0.717, 1.165) is 0 Å². The number of anilines is 3. The fraction of sp³-hybridized carbons (Fsp3) is 0.125. The van der Waals surface area contributed by atoms with E-state index in [4.69, 9.17) is 4.74 Å². The number of nitrogens with one attached hydrogen (secondary N) is 2. The summed E-state index contributed by atoms with van der Waals surface area (Å²) in [6, 6.07) is 9.00. The maximum absolute atomic E-state index is 12.2. The molecule has 3 aromatic rings. The van der Waals surface area contributed by atoms with Crippen molar-refractivity contribution in [3.05, 3.63) is 53.8 Å². The first-order valence-electron chi connectivity index (χ1n) is 7.16. The van der Waals surface area contributed by atoms with Crippen molar-refractivity contribution in [3.8, 4) is 5.75 Å². The minimum atomic E-state index is -0.160. The Balaban J connectivity index is 1.61. The van der Waals surface area contributed by atoms with Gasteiger partial charge in [0.05, 0.1) is 24.9 Å². The fourth-order valence-corrected chi connectivity index (χ4v) is 2.72. The third kappa shape index (κ3) is 4.05. The van der Waals surface area contributed by atoms with E-state index < -0.39 is 0 Å². The van der Waals surface area contributed by atoms with Crippen LogP contribution >= 0.6 is 11.3 Å². The van der Waals surface area contributed by atoms with Crippen LogP contribution in [0.4, 0.5) is 16.8 Å². The summed E-state index contributed by atoms with van der Waals surface area (Å²) in [4.78, 5) is 24.7. The minimum Gasteiger partial charge on any atom is -0.495 e. The lowest BCUT2D eigenvalue weighted by molar-refractivity contribution is -0.115. The van der Waals surface area contributed by atoms with Crippen molar-refractivity contribution in [2.75, 3.05) is 17.7 Å². The standard InChI is InChI=1S/C16H15N5O2S/c1-23-13-6-3-2-5-12(13)20-14(22)9-11-10-24-16(19-11)21-15-17-7-4-8-18-15/h2-8,10H,9H2,1H3,(H,20,22)(H,17,18,19,21). The number of para-hydroxylation sites is 2. The zero-order chi connectivity index (χ0) is 16.8. The first-order valence-corrected chi connectivity index (χ1v) is 8.04. The van der Waals surface area contributed by atoms with Crippen molar-refractivity contribution in [2.45, 2.75) is 6.42 Å². The summed E-state index contributed by atoms with van der Waals surface area (Å²) in [6.07, 6.45) is 3.46. The average Bonchev–Trinajstić information content (AvgIpc) is 3.03. The molecule has 3 rings (SSSR count). The lowest BCUT2D eigenvalue weighted by atomic mass is 10.2. The van der Waals surface area contributed by atoms with Crippen molar-refractivity contribution < 1.29 is 9.53 Å². The zero-order valence-electron chi connectivity index (χ0n) is 12.9. The molecule has 0 aliphatic heterocycles. The molecule has 2 N–H and O–H groups in total. The van der Waals surface area contributed by atoms with E-state index in [9.17, 15) is 4.79 Å². The highest BCUT2D eigenvalue weighted by atomic mass is 32.1. The number of ether oxygens (including phenoxy) is 1. The Morgan fingerprint density at radius 3 is 2.79 bits per heavy atom. The summed E-state index contributed by atoms with van der Waals surface area (Å²) in [5.41, 5.74) is 1.31. The van der Waals surface area contributed by atoms with Gasteiger partial charge < -0.3 is 15.4 Å². The predicted molar refractivity (Wildman–Crippen MR) is 92.8 cm³/mol. The van der Waals surface area contributed by atoms with Gasteiger partial charge >= 0.3 is 0 Å². The highest BCUT2D eigenvalue weighted by Gasteiger charge is 2.11. The Bertz CT molecular complexity index is 822. The van der Waals surface area contributed by atoms with E-state index in [0.29, 0.717) is 28.2 Å². The number of nitrogens with zero attached hydrogens (tertiary/aromatic N) is 3. The minimum absolute atomic E-state index is 0.160. The van der Waals surface area contributed by atoms with E-state index in [1.807, 2.05) is 17.5 Å². The summed E-state index contributed by atoms with van der Waals surface area (Å²) in [6.45, 7) is 0. The number of benzene rings is 1. The Morgan fingerprint density at radius 1 is 1.21 bits per heavy atom. The number of rotatable bonds is 6. The molecule has 0 fully saturated rings. The van der Waals surface area contributed by atoms with Crippen molar-refractivity contribution in [2.24, 2.45) is 0 Å². The molecule has 1 aromatic carbocycles. The quantitative estimate of drug-likeness (QED) is 0.717. The van der Waals surface area contributed by atoms with Gasteiger partial charge in [-0.15, -0.1) is 11.3 Å². The molecule has 0 aliphatic rings.